The van der Waals surface area contributed by atoms with E-state index >= 15 is 0 Å². The molecule has 0 spiro atoms. The zero-order valence-electron chi connectivity index (χ0n) is 18.5. The average molecular weight is 431 g/mol. The number of fused-ring (bicyclic) bond motifs is 1. The van der Waals surface area contributed by atoms with Crippen LogP contribution in [0, 0.1) is 13.8 Å². The summed E-state index contributed by atoms with van der Waals surface area (Å²) in [5.74, 6) is 1.03. The normalized spacial score (nSPS) is 11.0. The van der Waals surface area contributed by atoms with Crippen molar-refractivity contribution >= 4 is 16.9 Å². The number of pyridine rings is 1. The Kier molecular flexibility index (Phi) is 6.07. The number of hydrogen-bond acceptors (Lipinski definition) is 4. The Morgan fingerprint density at radius 1 is 1.03 bits per heavy atom. The Morgan fingerprint density at radius 3 is 2.47 bits per heavy atom. The van der Waals surface area contributed by atoms with Gasteiger partial charge in [-0.25, -0.2) is 9.78 Å². The molecule has 32 heavy (non-hydrogen) atoms. The fraction of sp³-hybridized carbons (Fsp3) is 0.240. The highest BCUT2D eigenvalue weighted by Gasteiger charge is 2.14. The van der Waals surface area contributed by atoms with E-state index in [4.69, 9.17) is 4.74 Å². The van der Waals surface area contributed by atoms with Crippen LogP contribution in [0.4, 0.5) is 0 Å². The highest BCUT2D eigenvalue weighted by atomic mass is 16.5. The van der Waals surface area contributed by atoms with E-state index < -0.39 is 0 Å². The predicted molar refractivity (Wildman–Crippen MR) is 124 cm³/mol. The molecule has 0 aliphatic rings. The molecule has 0 fully saturated rings. The lowest BCUT2D eigenvalue weighted by Crippen LogP contribution is -2.32. The van der Waals surface area contributed by atoms with Crippen LogP contribution in [0.15, 0.2) is 65.6 Å². The molecule has 1 amide bonds. The van der Waals surface area contributed by atoms with Crippen LogP contribution in [0.3, 0.4) is 0 Å². The van der Waals surface area contributed by atoms with Gasteiger partial charge in [-0.1, -0.05) is 30.3 Å². The Morgan fingerprint density at radius 2 is 1.78 bits per heavy atom. The lowest BCUT2D eigenvalue weighted by atomic mass is 10.1. The highest BCUT2D eigenvalue weighted by molar-refractivity contribution is 5.80. The van der Waals surface area contributed by atoms with Gasteiger partial charge in [-0.05, 0) is 55.7 Å². The first kappa shape index (κ1) is 21.4. The van der Waals surface area contributed by atoms with Crippen LogP contribution in [-0.4, -0.2) is 20.0 Å². The van der Waals surface area contributed by atoms with Gasteiger partial charge in [0.25, 0.3) is 0 Å². The molecule has 0 bridgehead atoms. The lowest BCUT2D eigenvalue weighted by Gasteiger charge is -2.10. The number of aromatic nitrogens is 3. The Balaban J connectivity index is 1.40. The van der Waals surface area contributed by atoms with E-state index in [1.165, 1.54) is 4.57 Å². The number of carbonyl (C=O) groups excluding carboxylic acids is 1. The third kappa shape index (κ3) is 4.42. The molecule has 164 valence electrons. The molecule has 0 atom stereocenters. The molecule has 0 saturated heterocycles. The molecular formula is C25H26N4O3. The number of ether oxygens (including phenoxy) is 1. The summed E-state index contributed by atoms with van der Waals surface area (Å²) in [5, 5.41) is 2.86. The number of aryl methyl sites for hydroxylation is 3. The van der Waals surface area contributed by atoms with E-state index in [-0.39, 0.29) is 18.1 Å². The Bertz CT molecular complexity index is 1320. The van der Waals surface area contributed by atoms with Crippen LogP contribution >= 0.6 is 0 Å². The molecule has 7 nitrogen and oxygen atoms in total. The van der Waals surface area contributed by atoms with Crippen molar-refractivity contribution in [2.45, 2.75) is 40.4 Å². The third-order valence-corrected chi connectivity index (χ3v) is 5.39. The minimum atomic E-state index is -0.234. The van der Waals surface area contributed by atoms with Gasteiger partial charge in [0, 0.05) is 25.4 Å². The summed E-state index contributed by atoms with van der Waals surface area (Å²) >= 11 is 0. The number of para-hydroxylation sites is 2. The molecule has 2 aromatic heterocycles. The third-order valence-electron chi connectivity index (χ3n) is 5.39. The Hall–Kier alpha value is -3.87. The quantitative estimate of drug-likeness (QED) is 0.482. The van der Waals surface area contributed by atoms with Gasteiger partial charge in [-0.3, -0.25) is 13.9 Å². The van der Waals surface area contributed by atoms with Gasteiger partial charge in [0.05, 0.1) is 11.0 Å². The van der Waals surface area contributed by atoms with Crippen molar-refractivity contribution in [1.82, 2.24) is 19.4 Å². The summed E-state index contributed by atoms with van der Waals surface area (Å²) in [4.78, 5) is 29.6. The molecule has 1 N–H and O–H groups in total. The van der Waals surface area contributed by atoms with Gasteiger partial charge in [0.2, 0.25) is 11.8 Å². The van der Waals surface area contributed by atoms with Crippen molar-refractivity contribution in [1.29, 1.82) is 0 Å². The molecule has 7 heteroatoms. The van der Waals surface area contributed by atoms with Gasteiger partial charge < -0.3 is 10.1 Å². The van der Waals surface area contributed by atoms with E-state index in [1.54, 1.807) is 16.8 Å². The second-order valence-electron chi connectivity index (χ2n) is 7.75. The molecule has 4 rings (SSSR count). The second kappa shape index (κ2) is 9.09. The highest BCUT2D eigenvalue weighted by Crippen LogP contribution is 2.24. The molecule has 0 aliphatic carbocycles. The molecule has 0 aliphatic heterocycles. The van der Waals surface area contributed by atoms with Gasteiger partial charge in [0.15, 0.2) is 0 Å². The first-order valence-corrected chi connectivity index (χ1v) is 10.6. The minimum absolute atomic E-state index is 0.0341. The van der Waals surface area contributed by atoms with Crippen molar-refractivity contribution < 1.29 is 9.53 Å². The summed E-state index contributed by atoms with van der Waals surface area (Å²) in [7, 11) is 0. The van der Waals surface area contributed by atoms with Crippen molar-refractivity contribution in [3.8, 4) is 11.6 Å². The average Bonchev–Trinajstić information content (AvgIpc) is 3.06. The number of rotatable bonds is 7. The van der Waals surface area contributed by atoms with Crippen molar-refractivity contribution in [2.75, 3.05) is 0 Å². The fourth-order valence-electron chi connectivity index (χ4n) is 3.64. The zero-order valence-corrected chi connectivity index (χ0v) is 18.5. The van der Waals surface area contributed by atoms with E-state index in [2.05, 4.69) is 10.3 Å². The number of carbonyl (C=O) groups is 1. The number of imidazole rings is 1. The van der Waals surface area contributed by atoms with Crippen LogP contribution in [0.2, 0.25) is 0 Å². The summed E-state index contributed by atoms with van der Waals surface area (Å²) in [6.45, 7) is 6.75. The number of nitrogens with one attached hydrogen (secondary N) is 1. The van der Waals surface area contributed by atoms with Crippen molar-refractivity contribution in [2.24, 2.45) is 0 Å². The van der Waals surface area contributed by atoms with E-state index in [0.29, 0.717) is 19.0 Å². The molecule has 2 heterocycles. The molecule has 4 aromatic rings. The smallest absolute Gasteiger partial charge is 0.329 e. The zero-order chi connectivity index (χ0) is 22.7. The maximum atomic E-state index is 12.7. The SMILES string of the molecule is CCn1c(=O)n(CC(=O)NCc2ccc(Oc3cc(C)ccc3C)nc2)c2ccccc21. The van der Waals surface area contributed by atoms with Crippen molar-refractivity contribution in [3.63, 3.8) is 0 Å². The topological polar surface area (TPSA) is 78.2 Å². The first-order valence-electron chi connectivity index (χ1n) is 10.6. The summed E-state index contributed by atoms with van der Waals surface area (Å²) in [5.41, 5.74) is 4.40. The molecule has 2 aromatic carbocycles. The van der Waals surface area contributed by atoms with Gasteiger partial charge in [0.1, 0.15) is 12.3 Å². The van der Waals surface area contributed by atoms with Gasteiger partial charge >= 0.3 is 5.69 Å². The molecular weight excluding hydrogens is 404 g/mol. The number of benzene rings is 2. The van der Waals surface area contributed by atoms with Crippen molar-refractivity contribution in [3.05, 3.63) is 88.0 Å². The molecule has 0 radical (unpaired) electrons. The van der Waals surface area contributed by atoms with Gasteiger partial charge in [-0.15, -0.1) is 0 Å². The summed E-state index contributed by atoms with van der Waals surface area (Å²) in [6, 6.07) is 17.2. The van der Waals surface area contributed by atoms with Crippen LogP contribution in [0.25, 0.3) is 11.0 Å². The monoisotopic (exact) mass is 430 g/mol. The van der Waals surface area contributed by atoms with E-state index in [1.807, 2.05) is 69.3 Å². The largest absolute Gasteiger partial charge is 0.439 e. The Labute approximate surface area is 186 Å². The predicted octanol–water partition coefficient (Wildman–Crippen LogP) is 3.94. The van der Waals surface area contributed by atoms with Crippen LogP contribution in [0.5, 0.6) is 11.6 Å². The van der Waals surface area contributed by atoms with Gasteiger partial charge in [-0.2, -0.15) is 0 Å². The van der Waals surface area contributed by atoms with E-state index in [9.17, 15) is 9.59 Å². The maximum absolute atomic E-state index is 12.7. The van der Waals surface area contributed by atoms with Crippen LogP contribution in [0.1, 0.15) is 23.6 Å². The number of amides is 1. The summed E-state index contributed by atoms with van der Waals surface area (Å²) in [6.07, 6.45) is 1.68. The molecule has 0 saturated carbocycles. The first-order chi connectivity index (χ1) is 15.5. The second-order valence-corrected chi connectivity index (χ2v) is 7.75. The summed E-state index contributed by atoms with van der Waals surface area (Å²) < 4.78 is 9.05. The van der Waals surface area contributed by atoms with E-state index in [0.717, 1.165) is 33.5 Å². The van der Waals surface area contributed by atoms with Crippen LogP contribution in [-0.2, 0) is 24.4 Å². The number of hydrogen-bond donors (Lipinski definition) is 1. The lowest BCUT2D eigenvalue weighted by molar-refractivity contribution is -0.121. The molecule has 0 unspecified atom stereocenters. The standard InChI is InChI=1S/C25H26N4O3/c1-4-28-20-7-5-6-8-21(20)29(25(28)31)16-23(30)26-14-19-11-12-24(27-15-19)32-22-13-17(2)9-10-18(22)3/h5-13,15H,4,14,16H2,1-3H3,(H,26,30). The maximum Gasteiger partial charge on any atom is 0.329 e. The minimum Gasteiger partial charge on any atom is -0.439 e. The van der Waals surface area contributed by atoms with Crippen LogP contribution < -0.4 is 15.7 Å². The fourth-order valence-corrected chi connectivity index (χ4v) is 3.64. The number of nitrogens with zero attached hydrogens (tertiary/aromatic N) is 3.